The molecular weight excluding hydrogens is 446 g/mol. The van der Waals surface area contributed by atoms with Crippen molar-refractivity contribution in [2.75, 3.05) is 23.9 Å². The molecule has 2 aromatic rings. The van der Waals surface area contributed by atoms with Gasteiger partial charge >= 0.3 is 0 Å². The highest BCUT2D eigenvalue weighted by molar-refractivity contribution is 7.98. The zero-order valence-corrected chi connectivity index (χ0v) is 19.2. The summed E-state index contributed by atoms with van der Waals surface area (Å²) in [6, 6.07) is 14.7. The normalized spacial score (nSPS) is 28.4. The number of nitrogens with one attached hydrogen (secondary N) is 2. The second kappa shape index (κ2) is 8.21. The molecule has 6 nitrogen and oxygen atoms in total. The van der Waals surface area contributed by atoms with Gasteiger partial charge in [-0.15, -0.1) is 0 Å². The van der Waals surface area contributed by atoms with Crippen LogP contribution >= 0.6 is 23.4 Å². The molecule has 0 saturated carbocycles. The summed E-state index contributed by atoms with van der Waals surface area (Å²) in [4.78, 5) is 41.9. The van der Waals surface area contributed by atoms with Crippen molar-refractivity contribution in [2.24, 2.45) is 11.8 Å². The van der Waals surface area contributed by atoms with Crippen LogP contribution in [0.4, 0.5) is 5.69 Å². The van der Waals surface area contributed by atoms with E-state index in [4.69, 9.17) is 11.6 Å². The fraction of sp³-hybridized carbons (Fsp3) is 0.375. The molecule has 3 heterocycles. The number of nitrogens with zero attached hydrogens (tertiary/aromatic N) is 1. The van der Waals surface area contributed by atoms with Gasteiger partial charge in [-0.25, -0.2) is 0 Å². The van der Waals surface area contributed by atoms with Crippen LogP contribution in [0.2, 0.25) is 5.02 Å². The van der Waals surface area contributed by atoms with Crippen LogP contribution in [0, 0.1) is 11.8 Å². The molecule has 2 aromatic carbocycles. The molecule has 2 saturated heterocycles. The van der Waals surface area contributed by atoms with E-state index in [9.17, 15) is 14.4 Å². The highest BCUT2D eigenvalue weighted by Crippen LogP contribution is 2.53. The van der Waals surface area contributed by atoms with Gasteiger partial charge in [-0.05, 0) is 48.6 Å². The van der Waals surface area contributed by atoms with Gasteiger partial charge in [0.1, 0.15) is 5.54 Å². The lowest BCUT2D eigenvalue weighted by molar-refractivity contribution is -0.142. The number of imide groups is 1. The van der Waals surface area contributed by atoms with Gasteiger partial charge < -0.3 is 5.32 Å². The van der Waals surface area contributed by atoms with Crippen LogP contribution in [-0.2, 0) is 26.3 Å². The Balaban J connectivity index is 1.53. The van der Waals surface area contributed by atoms with Gasteiger partial charge in [0.2, 0.25) is 17.7 Å². The van der Waals surface area contributed by atoms with Crippen molar-refractivity contribution >= 4 is 46.8 Å². The van der Waals surface area contributed by atoms with Crippen LogP contribution in [0.3, 0.4) is 0 Å². The lowest BCUT2D eigenvalue weighted by Gasteiger charge is -2.29. The average molecular weight is 470 g/mol. The molecule has 3 amide bonds. The largest absolute Gasteiger partial charge is 0.324 e. The zero-order chi connectivity index (χ0) is 22.5. The van der Waals surface area contributed by atoms with Gasteiger partial charge in [0.05, 0.1) is 11.8 Å². The van der Waals surface area contributed by atoms with Gasteiger partial charge in [-0.3, -0.25) is 24.6 Å². The maximum atomic E-state index is 13.7. The highest BCUT2D eigenvalue weighted by Gasteiger charge is 2.70. The van der Waals surface area contributed by atoms with Gasteiger partial charge in [0, 0.05) is 28.9 Å². The first-order chi connectivity index (χ1) is 15.5. The van der Waals surface area contributed by atoms with Crippen molar-refractivity contribution in [3.8, 4) is 0 Å². The third kappa shape index (κ3) is 3.17. The first kappa shape index (κ1) is 21.5. The topological polar surface area (TPSA) is 78.5 Å². The van der Waals surface area contributed by atoms with Crippen LogP contribution in [-0.4, -0.2) is 47.2 Å². The lowest BCUT2D eigenvalue weighted by Crippen LogP contribution is -2.53. The molecule has 0 bridgehead atoms. The third-order valence-corrected chi connectivity index (χ3v) is 7.75. The number of amides is 3. The number of benzene rings is 2. The molecule has 0 aliphatic carbocycles. The molecule has 166 valence electrons. The number of rotatable bonds is 6. The molecule has 2 fully saturated rings. The van der Waals surface area contributed by atoms with E-state index in [2.05, 4.69) is 10.6 Å². The molecule has 3 aliphatic rings. The Morgan fingerprint density at radius 3 is 2.62 bits per heavy atom. The van der Waals surface area contributed by atoms with Crippen molar-refractivity contribution in [3.63, 3.8) is 0 Å². The fourth-order valence-electron chi connectivity index (χ4n) is 5.43. The predicted molar refractivity (Wildman–Crippen MR) is 126 cm³/mol. The summed E-state index contributed by atoms with van der Waals surface area (Å²) in [6.45, 7) is 0.310. The van der Waals surface area contributed by atoms with Crippen molar-refractivity contribution in [3.05, 3.63) is 64.7 Å². The predicted octanol–water partition coefficient (Wildman–Crippen LogP) is 3.06. The van der Waals surface area contributed by atoms with E-state index in [0.717, 1.165) is 11.3 Å². The smallest absolute Gasteiger partial charge is 0.250 e. The van der Waals surface area contributed by atoms with Crippen LogP contribution in [0.25, 0.3) is 0 Å². The fourth-order valence-corrected chi connectivity index (χ4v) is 6.09. The number of fused-ring (bicyclic) bond motifs is 4. The maximum Gasteiger partial charge on any atom is 0.250 e. The van der Waals surface area contributed by atoms with Crippen molar-refractivity contribution in [1.29, 1.82) is 0 Å². The number of halogens is 1. The summed E-state index contributed by atoms with van der Waals surface area (Å²) >= 11 is 7.96. The van der Waals surface area contributed by atoms with Gasteiger partial charge in [-0.2, -0.15) is 11.8 Å². The molecule has 0 unspecified atom stereocenters. The van der Waals surface area contributed by atoms with Crippen LogP contribution < -0.4 is 10.6 Å². The molecule has 0 radical (unpaired) electrons. The first-order valence-electron chi connectivity index (χ1n) is 10.7. The monoisotopic (exact) mass is 469 g/mol. The number of carbonyl (C=O) groups is 3. The van der Waals surface area contributed by atoms with Gasteiger partial charge in [0.25, 0.3) is 0 Å². The minimum Gasteiger partial charge on any atom is -0.324 e. The molecule has 2 N–H and O–H groups in total. The summed E-state index contributed by atoms with van der Waals surface area (Å²) in [6.07, 6.45) is 3.29. The SMILES string of the molecule is CSCC[C@@H]1N[C@@]2(C(=O)Nc3ccc(Cl)cc32)[C@@H]2C(=O)N(CCc3ccccc3)C(=O)[C@H]12. The van der Waals surface area contributed by atoms with Crippen molar-refractivity contribution in [2.45, 2.75) is 24.4 Å². The lowest BCUT2D eigenvalue weighted by atomic mass is 9.76. The summed E-state index contributed by atoms with van der Waals surface area (Å²) < 4.78 is 0. The molecule has 0 aromatic heterocycles. The molecule has 1 spiro atoms. The summed E-state index contributed by atoms with van der Waals surface area (Å²) in [5, 5.41) is 6.84. The van der Waals surface area contributed by atoms with E-state index in [1.165, 1.54) is 4.90 Å². The Labute approximate surface area is 196 Å². The Kier molecular flexibility index (Phi) is 5.51. The molecule has 4 atom stereocenters. The van der Waals surface area contributed by atoms with E-state index in [0.29, 0.717) is 35.7 Å². The van der Waals surface area contributed by atoms with Crippen molar-refractivity contribution in [1.82, 2.24) is 10.2 Å². The van der Waals surface area contributed by atoms with Gasteiger partial charge in [-0.1, -0.05) is 41.9 Å². The minimum absolute atomic E-state index is 0.185. The number of thioether (sulfide) groups is 1. The van der Waals surface area contributed by atoms with Gasteiger partial charge in [0.15, 0.2) is 0 Å². The maximum absolute atomic E-state index is 13.7. The molecule has 3 aliphatic heterocycles. The van der Waals surface area contributed by atoms with E-state index >= 15 is 0 Å². The minimum atomic E-state index is -1.28. The Hall–Kier alpha value is -2.35. The summed E-state index contributed by atoms with van der Waals surface area (Å²) in [5.74, 6) is -1.28. The summed E-state index contributed by atoms with van der Waals surface area (Å²) in [7, 11) is 0. The second-order valence-corrected chi connectivity index (χ2v) is 9.97. The van der Waals surface area contributed by atoms with E-state index in [-0.39, 0.29) is 23.8 Å². The number of hydrogen-bond donors (Lipinski definition) is 2. The average Bonchev–Trinajstić information content (AvgIpc) is 3.37. The zero-order valence-electron chi connectivity index (χ0n) is 17.6. The van der Waals surface area contributed by atoms with E-state index < -0.39 is 17.4 Å². The number of carbonyl (C=O) groups excluding carboxylic acids is 3. The highest BCUT2D eigenvalue weighted by atomic mass is 35.5. The van der Waals surface area contributed by atoms with Crippen LogP contribution in [0.1, 0.15) is 17.5 Å². The molecular formula is C24H24ClN3O3S. The van der Waals surface area contributed by atoms with E-state index in [1.807, 2.05) is 36.6 Å². The van der Waals surface area contributed by atoms with Crippen LogP contribution in [0.5, 0.6) is 0 Å². The van der Waals surface area contributed by atoms with Crippen molar-refractivity contribution < 1.29 is 14.4 Å². The Morgan fingerprint density at radius 1 is 1.09 bits per heavy atom. The number of hydrogen-bond acceptors (Lipinski definition) is 5. The standard InChI is InChI=1S/C24H24ClN3O3S/c1-32-12-10-18-19-20(22(30)28(21(19)29)11-9-14-5-3-2-4-6-14)24(27-18)16-13-15(25)7-8-17(16)26-23(24)31/h2-8,13,18-20,27H,9-12H2,1H3,(H,26,31)/t18-,19+,20-,24+/m0/s1. The quantitative estimate of drug-likeness (QED) is 0.636. The molecule has 5 rings (SSSR count). The third-order valence-electron chi connectivity index (χ3n) is 6.87. The number of likely N-dealkylation sites (tertiary alicyclic amines) is 1. The first-order valence-corrected chi connectivity index (χ1v) is 12.5. The van der Waals surface area contributed by atoms with E-state index in [1.54, 1.807) is 30.0 Å². The summed E-state index contributed by atoms with van der Waals surface area (Å²) in [5.41, 5.74) is 1.08. The molecule has 8 heteroatoms. The molecule has 32 heavy (non-hydrogen) atoms. The number of anilines is 1. The second-order valence-electron chi connectivity index (χ2n) is 8.55. The Morgan fingerprint density at radius 2 is 1.88 bits per heavy atom. The van der Waals surface area contributed by atoms with Crippen LogP contribution in [0.15, 0.2) is 48.5 Å². The Bertz CT molecular complexity index is 1100.